The van der Waals surface area contributed by atoms with Crippen LogP contribution in [-0.4, -0.2) is 11.6 Å². The molecule has 0 aromatic heterocycles. The molecule has 1 aliphatic rings. The van der Waals surface area contributed by atoms with Crippen molar-refractivity contribution in [1.29, 1.82) is 0 Å². The zero-order valence-corrected chi connectivity index (χ0v) is 9.53. The summed E-state index contributed by atoms with van der Waals surface area (Å²) >= 11 is 0. The summed E-state index contributed by atoms with van der Waals surface area (Å²) in [5, 5.41) is 0. The number of carbonyl (C=O) groups is 2. The largest absolute Gasteiger partial charge is 0.299 e. The van der Waals surface area contributed by atoms with Gasteiger partial charge in [0, 0.05) is 11.5 Å². The quantitative estimate of drug-likeness (QED) is 0.560. The highest BCUT2D eigenvalue weighted by atomic mass is 16.1. The summed E-state index contributed by atoms with van der Waals surface area (Å²) in [5.41, 5.74) is 1.87. The topological polar surface area (TPSA) is 34.1 Å². The monoisotopic (exact) mass is 216 g/mol. The van der Waals surface area contributed by atoms with Crippen molar-refractivity contribution in [3.8, 4) is 0 Å². The molecule has 1 aromatic rings. The summed E-state index contributed by atoms with van der Waals surface area (Å²) in [6, 6.07) is 7.55. The van der Waals surface area contributed by atoms with E-state index >= 15 is 0 Å². The molecule has 0 bridgehead atoms. The maximum Gasteiger partial charge on any atom is 0.170 e. The van der Waals surface area contributed by atoms with Crippen LogP contribution in [0.3, 0.4) is 0 Å². The first-order chi connectivity index (χ1) is 7.70. The van der Waals surface area contributed by atoms with Gasteiger partial charge in [0.2, 0.25) is 0 Å². The molecule has 0 N–H and O–H groups in total. The van der Waals surface area contributed by atoms with E-state index in [1.165, 1.54) is 5.56 Å². The predicted octanol–water partition coefficient (Wildman–Crippen LogP) is 2.80. The van der Waals surface area contributed by atoms with E-state index in [0.717, 1.165) is 19.3 Å². The average molecular weight is 216 g/mol. The van der Waals surface area contributed by atoms with E-state index in [1.807, 2.05) is 24.3 Å². The van der Waals surface area contributed by atoms with Gasteiger partial charge in [-0.2, -0.15) is 0 Å². The molecule has 1 saturated carbocycles. The van der Waals surface area contributed by atoms with Crippen molar-refractivity contribution in [2.75, 3.05) is 0 Å². The van der Waals surface area contributed by atoms with Crippen molar-refractivity contribution in [2.24, 2.45) is 5.92 Å². The molecule has 0 unspecified atom stereocenters. The molecule has 1 aromatic carbocycles. The van der Waals surface area contributed by atoms with Crippen molar-refractivity contribution in [2.45, 2.75) is 32.6 Å². The lowest BCUT2D eigenvalue weighted by Crippen LogP contribution is -2.09. The molecule has 2 nitrogen and oxygen atoms in total. The molecule has 2 heteroatoms. The first-order valence-corrected chi connectivity index (χ1v) is 5.85. The first kappa shape index (κ1) is 11.1. The maximum atomic E-state index is 11.8. The lowest BCUT2D eigenvalue weighted by Gasteiger charge is -2.01. The number of hydrogen-bond acceptors (Lipinski definition) is 2. The Bertz CT molecular complexity index is 399. The van der Waals surface area contributed by atoms with Crippen LogP contribution >= 0.6 is 0 Å². The fourth-order valence-electron chi connectivity index (χ4n) is 1.74. The van der Waals surface area contributed by atoms with Gasteiger partial charge in [0.1, 0.15) is 5.78 Å². The van der Waals surface area contributed by atoms with Crippen molar-refractivity contribution in [3.05, 3.63) is 35.4 Å². The van der Waals surface area contributed by atoms with Crippen molar-refractivity contribution in [3.63, 3.8) is 0 Å². The lowest BCUT2D eigenvalue weighted by molar-refractivity contribution is -0.119. The van der Waals surface area contributed by atoms with Crippen molar-refractivity contribution < 1.29 is 9.59 Å². The Labute approximate surface area is 95.7 Å². The molecule has 1 fully saturated rings. The predicted molar refractivity (Wildman–Crippen MR) is 62.5 cm³/mol. The fraction of sp³-hybridized carbons (Fsp3) is 0.429. The number of benzene rings is 1. The normalized spacial score (nSPS) is 14.8. The van der Waals surface area contributed by atoms with Crippen LogP contribution in [0.15, 0.2) is 24.3 Å². The molecule has 0 atom stereocenters. The van der Waals surface area contributed by atoms with Crippen molar-refractivity contribution >= 4 is 11.6 Å². The molecule has 0 amide bonds. The van der Waals surface area contributed by atoms with Crippen LogP contribution in [0.1, 0.15) is 42.1 Å². The molecular weight excluding hydrogens is 200 g/mol. The van der Waals surface area contributed by atoms with E-state index in [1.54, 1.807) is 0 Å². The Morgan fingerprint density at radius 3 is 2.31 bits per heavy atom. The molecule has 0 aliphatic heterocycles. The molecular formula is C14H16O2. The van der Waals surface area contributed by atoms with Gasteiger partial charge in [-0.3, -0.25) is 9.59 Å². The Morgan fingerprint density at radius 2 is 1.81 bits per heavy atom. The molecule has 16 heavy (non-hydrogen) atoms. The second-order valence-corrected chi connectivity index (χ2v) is 4.39. The second-order valence-electron chi connectivity index (χ2n) is 4.39. The molecule has 0 radical (unpaired) electrons. The first-order valence-electron chi connectivity index (χ1n) is 5.85. The Hall–Kier alpha value is -1.44. The average Bonchev–Trinajstić information content (AvgIpc) is 3.13. The standard InChI is InChI=1S/C14H16O2/c1-2-10-3-5-11(6-4-10)13(15)9-14(16)12-7-8-12/h3-6,12H,2,7-9H2,1H3. The molecule has 0 saturated heterocycles. The highest BCUT2D eigenvalue weighted by Gasteiger charge is 2.30. The molecule has 2 rings (SSSR count). The molecule has 0 heterocycles. The van der Waals surface area contributed by atoms with Gasteiger partial charge < -0.3 is 0 Å². The minimum Gasteiger partial charge on any atom is -0.299 e. The number of hydrogen-bond donors (Lipinski definition) is 0. The molecule has 1 aliphatic carbocycles. The van der Waals surface area contributed by atoms with E-state index in [-0.39, 0.29) is 23.9 Å². The fourth-order valence-corrected chi connectivity index (χ4v) is 1.74. The van der Waals surface area contributed by atoms with Crippen LogP contribution in [0.5, 0.6) is 0 Å². The van der Waals surface area contributed by atoms with E-state index in [0.29, 0.717) is 5.56 Å². The third kappa shape index (κ3) is 2.57. The van der Waals surface area contributed by atoms with E-state index in [4.69, 9.17) is 0 Å². The Kier molecular flexibility index (Phi) is 3.18. The second kappa shape index (κ2) is 4.60. The van der Waals surface area contributed by atoms with Gasteiger partial charge in [-0.15, -0.1) is 0 Å². The molecule has 84 valence electrons. The van der Waals surface area contributed by atoms with Crippen LogP contribution in [-0.2, 0) is 11.2 Å². The zero-order valence-electron chi connectivity index (χ0n) is 9.53. The lowest BCUT2D eigenvalue weighted by atomic mass is 10.0. The van der Waals surface area contributed by atoms with Gasteiger partial charge in [-0.25, -0.2) is 0 Å². The number of rotatable bonds is 5. The number of ketones is 2. The van der Waals surface area contributed by atoms with Gasteiger partial charge in [-0.1, -0.05) is 31.2 Å². The summed E-state index contributed by atoms with van der Waals surface area (Å²) in [4.78, 5) is 23.3. The van der Waals surface area contributed by atoms with Crippen LogP contribution in [0.2, 0.25) is 0 Å². The third-order valence-corrected chi connectivity index (χ3v) is 3.05. The summed E-state index contributed by atoms with van der Waals surface area (Å²) in [6.07, 6.45) is 2.99. The van der Waals surface area contributed by atoms with Crippen LogP contribution in [0.4, 0.5) is 0 Å². The number of aryl methyl sites for hydroxylation is 1. The Balaban J connectivity index is 1.99. The SMILES string of the molecule is CCc1ccc(C(=O)CC(=O)C2CC2)cc1. The van der Waals surface area contributed by atoms with Gasteiger partial charge in [-0.05, 0) is 24.8 Å². The highest BCUT2D eigenvalue weighted by molar-refractivity contribution is 6.09. The summed E-state index contributed by atoms with van der Waals surface area (Å²) in [6.45, 7) is 2.08. The zero-order chi connectivity index (χ0) is 11.5. The van der Waals surface area contributed by atoms with Gasteiger partial charge in [0.05, 0.1) is 6.42 Å². The summed E-state index contributed by atoms with van der Waals surface area (Å²) < 4.78 is 0. The third-order valence-electron chi connectivity index (χ3n) is 3.05. The summed E-state index contributed by atoms with van der Waals surface area (Å²) in [5.74, 6) is 0.253. The van der Waals surface area contributed by atoms with Gasteiger partial charge in [0.25, 0.3) is 0 Å². The number of carbonyl (C=O) groups excluding carboxylic acids is 2. The van der Waals surface area contributed by atoms with Gasteiger partial charge >= 0.3 is 0 Å². The minimum absolute atomic E-state index is 0.0421. The van der Waals surface area contributed by atoms with Crippen LogP contribution in [0.25, 0.3) is 0 Å². The van der Waals surface area contributed by atoms with E-state index in [2.05, 4.69) is 6.92 Å². The van der Waals surface area contributed by atoms with Crippen LogP contribution < -0.4 is 0 Å². The van der Waals surface area contributed by atoms with E-state index < -0.39 is 0 Å². The van der Waals surface area contributed by atoms with Crippen LogP contribution in [0, 0.1) is 5.92 Å². The van der Waals surface area contributed by atoms with E-state index in [9.17, 15) is 9.59 Å². The smallest absolute Gasteiger partial charge is 0.170 e. The van der Waals surface area contributed by atoms with Gasteiger partial charge in [0.15, 0.2) is 5.78 Å². The maximum absolute atomic E-state index is 11.8. The summed E-state index contributed by atoms with van der Waals surface area (Å²) in [7, 11) is 0. The van der Waals surface area contributed by atoms with Crippen molar-refractivity contribution in [1.82, 2.24) is 0 Å². The highest BCUT2D eigenvalue weighted by Crippen LogP contribution is 2.31. The Morgan fingerprint density at radius 1 is 1.19 bits per heavy atom. The number of Topliss-reactive ketones (excluding diaryl/α,β-unsaturated/α-hetero) is 2. The minimum atomic E-state index is -0.0421. The molecule has 0 spiro atoms.